The van der Waals surface area contributed by atoms with Crippen LogP contribution in [0, 0.1) is 11.7 Å². The van der Waals surface area contributed by atoms with E-state index < -0.39 is 0 Å². The third-order valence-electron chi connectivity index (χ3n) is 5.87. The SMILES string of the molecule is CC[C@@H]1C(C(=O)NN2CCCCC2)=NN(c2ccc(Cl)cc2Cl)[C@@H]1c1ccc(F)cc1.Cl. The summed E-state index contributed by atoms with van der Waals surface area (Å²) in [4.78, 5) is 13.2. The number of hydrogen-bond donors (Lipinski definition) is 1. The summed E-state index contributed by atoms with van der Waals surface area (Å²) in [6.07, 6.45) is 4.00. The Bertz CT molecular complexity index is 980. The van der Waals surface area contributed by atoms with E-state index in [0.717, 1.165) is 31.5 Å². The van der Waals surface area contributed by atoms with Crippen molar-refractivity contribution in [3.05, 3.63) is 63.9 Å². The minimum absolute atomic E-state index is 0. The van der Waals surface area contributed by atoms with Crippen LogP contribution in [0.15, 0.2) is 47.6 Å². The van der Waals surface area contributed by atoms with Gasteiger partial charge in [-0.05, 0) is 55.2 Å². The Balaban J connectivity index is 0.00000289. The number of rotatable bonds is 5. The predicted molar refractivity (Wildman–Crippen MR) is 130 cm³/mol. The number of piperidine rings is 1. The minimum atomic E-state index is -0.310. The molecule has 1 fully saturated rings. The summed E-state index contributed by atoms with van der Waals surface area (Å²) in [5.74, 6) is -0.690. The van der Waals surface area contributed by atoms with E-state index in [2.05, 4.69) is 5.43 Å². The standard InChI is InChI=1S/C23H25Cl2FN4O.ClH/c1-2-18-21(23(31)28-29-12-4-3-5-13-29)27-30(20-11-8-16(24)14-19(20)25)22(18)15-6-9-17(26)10-7-15;/h6-11,14,18,22H,2-5,12-13H2,1H3,(H,28,31);1H/t18-,22-;/m1./s1. The number of anilines is 1. The zero-order valence-electron chi connectivity index (χ0n) is 17.7. The van der Waals surface area contributed by atoms with Crippen LogP contribution < -0.4 is 10.4 Å². The van der Waals surface area contributed by atoms with Crippen LogP contribution >= 0.6 is 35.6 Å². The zero-order valence-corrected chi connectivity index (χ0v) is 20.1. The van der Waals surface area contributed by atoms with Gasteiger partial charge in [0.2, 0.25) is 0 Å². The molecule has 32 heavy (non-hydrogen) atoms. The smallest absolute Gasteiger partial charge is 0.282 e. The monoisotopic (exact) mass is 498 g/mol. The van der Waals surface area contributed by atoms with Gasteiger partial charge in [-0.15, -0.1) is 12.4 Å². The summed E-state index contributed by atoms with van der Waals surface area (Å²) in [6, 6.07) is 11.2. The van der Waals surface area contributed by atoms with Crippen LogP contribution in [0.1, 0.15) is 44.2 Å². The van der Waals surface area contributed by atoms with E-state index in [9.17, 15) is 9.18 Å². The second-order valence-electron chi connectivity index (χ2n) is 7.93. The highest BCUT2D eigenvalue weighted by molar-refractivity contribution is 6.41. The molecule has 2 aromatic rings. The quantitative estimate of drug-likeness (QED) is 0.548. The van der Waals surface area contributed by atoms with Gasteiger partial charge in [0.1, 0.15) is 11.5 Å². The van der Waals surface area contributed by atoms with Gasteiger partial charge in [0.15, 0.2) is 0 Å². The van der Waals surface area contributed by atoms with Crippen molar-refractivity contribution in [1.29, 1.82) is 0 Å². The van der Waals surface area contributed by atoms with Crippen LogP contribution in [-0.2, 0) is 4.79 Å². The number of nitrogens with zero attached hydrogens (tertiary/aromatic N) is 3. The van der Waals surface area contributed by atoms with E-state index in [1.54, 1.807) is 35.3 Å². The number of hydrazine groups is 1. The van der Waals surface area contributed by atoms with Crippen molar-refractivity contribution < 1.29 is 9.18 Å². The van der Waals surface area contributed by atoms with E-state index in [1.807, 2.05) is 11.9 Å². The van der Waals surface area contributed by atoms with Crippen molar-refractivity contribution in [2.24, 2.45) is 11.0 Å². The maximum absolute atomic E-state index is 13.6. The molecule has 1 N–H and O–H groups in total. The molecule has 0 saturated carbocycles. The Kier molecular flexibility index (Phi) is 8.39. The highest BCUT2D eigenvalue weighted by atomic mass is 35.5. The fourth-order valence-corrected chi connectivity index (χ4v) is 4.81. The van der Waals surface area contributed by atoms with Gasteiger partial charge in [0.25, 0.3) is 5.91 Å². The maximum atomic E-state index is 13.6. The Morgan fingerprint density at radius 2 is 1.81 bits per heavy atom. The molecule has 0 bridgehead atoms. The largest absolute Gasteiger partial charge is 0.284 e. The third-order valence-corrected chi connectivity index (χ3v) is 6.41. The first-order chi connectivity index (χ1) is 15.0. The summed E-state index contributed by atoms with van der Waals surface area (Å²) in [7, 11) is 0. The van der Waals surface area contributed by atoms with Crippen molar-refractivity contribution in [3.63, 3.8) is 0 Å². The number of amides is 1. The molecular weight excluding hydrogens is 474 g/mol. The Labute approximate surface area is 203 Å². The number of halogens is 4. The average molecular weight is 500 g/mol. The van der Waals surface area contributed by atoms with Crippen LogP contribution in [0.4, 0.5) is 10.1 Å². The lowest BCUT2D eigenvalue weighted by atomic mass is 9.87. The van der Waals surface area contributed by atoms with E-state index in [-0.39, 0.29) is 36.1 Å². The van der Waals surface area contributed by atoms with Crippen molar-refractivity contribution in [2.45, 2.75) is 38.6 Å². The van der Waals surface area contributed by atoms with Crippen LogP contribution in [0.25, 0.3) is 0 Å². The number of benzene rings is 2. The van der Waals surface area contributed by atoms with Gasteiger partial charge in [-0.3, -0.25) is 15.2 Å². The molecule has 2 heterocycles. The van der Waals surface area contributed by atoms with E-state index in [0.29, 0.717) is 27.9 Å². The molecule has 1 saturated heterocycles. The topological polar surface area (TPSA) is 47.9 Å². The van der Waals surface area contributed by atoms with Gasteiger partial charge in [-0.2, -0.15) is 5.10 Å². The number of carbonyl (C=O) groups is 1. The summed E-state index contributed by atoms with van der Waals surface area (Å²) in [6.45, 7) is 3.70. The molecule has 4 rings (SSSR count). The minimum Gasteiger partial charge on any atom is -0.284 e. The van der Waals surface area contributed by atoms with Gasteiger partial charge in [0.05, 0.1) is 16.8 Å². The van der Waals surface area contributed by atoms with Crippen molar-refractivity contribution >= 4 is 52.9 Å². The molecule has 0 aromatic heterocycles. The molecule has 5 nitrogen and oxygen atoms in total. The molecule has 2 aliphatic heterocycles. The van der Waals surface area contributed by atoms with E-state index in [1.165, 1.54) is 18.6 Å². The van der Waals surface area contributed by atoms with Crippen LogP contribution in [0.5, 0.6) is 0 Å². The zero-order chi connectivity index (χ0) is 22.0. The maximum Gasteiger partial charge on any atom is 0.282 e. The van der Waals surface area contributed by atoms with Gasteiger partial charge in [0, 0.05) is 24.0 Å². The summed E-state index contributed by atoms with van der Waals surface area (Å²) in [5, 5.41) is 9.43. The third kappa shape index (κ3) is 5.20. The van der Waals surface area contributed by atoms with Crippen molar-refractivity contribution in [2.75, 3.05) is 18.1 Å². The highest BCUT2D eigenvalue weighted by Crippen LogP contribution is 2.43. The predicted octanol–water partition coefficient (Wildman–Crippen LogP) is 6.01. The molecular formula is C23H26Cl3FN4O. The molecule has 0 spiro atoms. The number of nitrogens with one attached hydrogen (secondary N) is 1. The fraction of sp³-hybridized carbons (Fsp3) is 0.391. The Hall–Kier alpha value is -1.86. The molecule has 0 aliphatic carbocycles. The van der Waals surface area contributed by atoms with Crippen LogP contribution in [0.3, 0.4) is 0 Å². The second kappa shape index (κ2) is 10.8. The van der Waals surface area contributed by atoms with Gasteiger partial charge >= 0.3 is 0 Å². The summed E-state index contributed by atoms with van der Waals surface area (Å²) in [5.41, 5.74) is 4.99. The normalized spacial score (nSPS) is 21.1. The molecule has 2 atom stereocenters. The lowest BCUT2D eigenvalue weighted by Crippen LogP contribution is -2.48. The molecule has 0 radical (unpaired) electrons. The Morgan fingerprint density at radius 3 is 2.44 bits per heavy atom. The average Bonchev–Trinajstić information content (AvgIpc) is 3.14. The van der Waals surface area contributed by atoms with Gasteiger partial charge in [-0.1, -0.05) is 48.7 Å². The van der Waals surface area contributed by atoms with Crippen molar-refractivity contribution in [3.8, 4) is 0 Å². The molecule has 2 aliphatic rings. The van der Waals surface area contributed by atoms with Crippen LogP contribution in [0.2, 0.25) is 10.0 Å². The lowest BCUT2D eigenvalue weighted by molar-refractivity contribution is -0.120. The first kappa shape index (κ1) is 24.8. The highest BCUT2D eigenvalue weighted by Gasteiger charge is 2.42. The number of hydrazone groups is 1. The molecule has 172 valence electrons. The lowest BCUT2D eigenvalue weighted by Gasteiger charge is -2.29. The number of carbonyl (C=O) groups excluding carboxylic acids is 1. The molecule has 9 heteroatoms. The Morgan fingerprint density at radius 1 is 1.12 bits per heavy atom. The van der Waals surface area contributed by atoms with Gasteiger partial charge in [-0.25, -0.2) is 9.40 Å². The first-order valence-corrected chi connectivity index (χ1v) is 11.4. The fourth-order valence-electron chi connectivity index (χ4n) is 4.31. The summed E-state index contributed by atoms with van der Waals surface area (Å²) < 4.78 is 13.6. The molecule has 2 aromatic carbocycles. The number of hydrogen-bond acceptors (Lipinski definition) is 4. The van der Waals surface area contributed by atoms with E-state index >= 15 is 0 Å². The molecule has 0 unspecified atom stereocenters. The van der Waals surface area contributed by atoms with Gasteiger partial charge < -0.3 is 0 Å². The van der Waals surface area contributed by atoms with Crippen LogP contribution in [-0.4, -0.2) is 29.7 Å². The van der Waals surface area contributed by atoms with E-state index in [4.69, 9.17) is 28.3 Å². The summed E-state index contributed by atoms with van der Waals surface area (Å²) >= 11 is 12.6. The van der Waals surface area contributed by atoms with Crippen molar-refractivity contribution in [1.82, 2.24) is 10.4 Å². The molecule has 1 amide bonds. The second-order valence-corrected chi connectivity index (χ2v) is 8.77. The first-order valence-electron chi connectivity index (χ1n) is 10.6.